The molecule has 2 aromatic rings. The minimum Gasteiger partial charge on any atom is -0.379 e. The van der Waals surface area contributed by atoms with Gasteiger partial charge in [-0.05, 0) is 32.0 Å². The number of thiophene rings is 1. The normalized spacial score (nSPS) is 15.5. The second-order valence-corrected chi connectivity index (χ2v) is 9.30. The molecule has 1 aliphatic heterocycles. The predicted octanol–water partition coefficient (Wildman–Crippen LogP) is 2.53. The van der Waals surface area contributed by atoms with Crippen LogP contribution >= 0.6 is 11.3 Å². The summed E-state index contributed by atoms with van der Waals surface area (Å²) in [5.41, 5.74) is 0.974. The summed E-state index contributed by atoms with van der Waals surface area (Å²) in [6, 6.07) is 8.03. The van der Waals surface area contributed by atoms with Gasteiger partial charge < -0.3 is 10.1 Å². The number of Topliss-reactive ketones (excluding diaryl/α,β-unsaturated/α-hetero) is 1. The topological polar surface area (TPSA) is 92.8 Å². The van der Waals surface area contributed by atoms with Gasteiger partial charge in [-0.3, -0.25) is 9.59 Å². The van der Waals surface area contributed by atoms with E-state index < -0.39 is 15.9 Å². The molecule has 0 aliphatic carbocycles. The number of amides is 1. The van der Waals surface area contributed by atoms with Crippen LogP contribution in [0.3, 0.4) is 0 Å². The number of nitrogens with one attached hydrogen (secondary N) is 1. The van der Waals surface area contributed by atoms with E-state index in [4.69, 9.17) is 4.74 Å². The first-order valence-corrected chi connectivity index (χ1v) is 10.7. The van der Waals surface area contributed by atoms with Crippen LogP contribution in [0.25, 0.3) is 0 Å². The summed E-state index contributed by atoms with van der Waals surface area (Å²) >= 11 is 1.13. The average molecular weight is 409 g/mol. The minimum absolute atomic E-state index is 0.100. The molecule has 9 heteroatoms. The zero-order valence-corrected chi connectivity index (χ0v) is 16.7. The Morgan fingerprint density at radius 3 is 2.56 bits per heavy atom. The quantitative estimate of drug-likeness (QED) is 0.768. The van der Waals surface area contributed by atoms with Crippen molar-refractivity contribution in [2.24, 2.45) is 0 Å². The van der Waals surface area contributed by atoms with Crippen molar-refractivity contribution in [3.63, 3.8) is 0 Å². The van der Waals surface area contributed by atoms with Gasteiger partial charge in [0.1, 0.15) is 0 Å². The molecule has 0 unspecified atom stereocenters. The van der Waals surface area contributed by atoms with Gasteiger partial charge in [0.15, 0.2) is 5.78 Å². The summed E-state index contributed by atoms with van der Waals surface area (Å²) in [4.78, 5) is 25.0. The smallest absolute Gasteiger partial charge is 0.265 e. The molecule has 144 valence electrons. The molecule has 1 N–H and O–H groups in total. The minimum atomic E-state index is -3.66. The number of carbonyl (C=O) groups is 2. The van der Waals surface area contributed by atoms with Crippen LogP contribution in [0.1, 0.15) is 31.8 Å². The third-order valence-electron chi connectivity index (χ3n) is 4.21. The molecule has 7 nitrogen and oxygen atoms in total. The van der Waals surface area contributed by atoms with Gasteiger partial charge in [0.05, 0.1) is 23.0 Å². The van der Waals surface area contributed by atoms with Crippen LogP contribution in [0.4, 0.5) is 5.69 Å². The highest BCUT2D eigenvalue weighted by molar-refractivity contribution is 7.89. The van der Waals surface area contributed by atoms with Crippen molar-refractivity contribution in [2.45, 2.75) is 18.7 Å². The van der Waals surface area contributed by atoms with E-state index in [1.54, 1.807) is 31.2 Å². The molecule has 3 rings (SSSR count). The maximum atomic E-state index is 12.8. The molecule has 0 radical (unpaired) electrons. The van der Waals surface area contributed by atoms with Crippen molar-refractivity contribution < 1.29 is 22.7 Å². The van der Waals surface area contributed by atoms with Crippen LogP contribution in [0.15, 0.2) is 35.2 Å². The molecule has 1 fully saturated rings. The second-order valence-electron chi connectivity index (χ2n) is 6.14. The highest BCUT2D eigenvalue weighted by Crippen LogP contribution is 2.29. The van der Waals surface area contributed by atoms with Gasteiger partial charge in [0, 0.05) is 29.2 Å². The number of sulfonamides is 1. The Morgan fingerprint density at radius 2 is 1.89 bits per heavy atom. The number of hydrogen-bond donors (Lipinski definition) is 1. The van der Waals surface area contributed by atoms with Crippen molar-refractivity contribution in [1.29, 1.82) is 0 Å². The number of carbonyl (C=O) groups excluding carboxylic acids is 2. The van der Waals surface area contributed by atoms with Gasteiger partial charge in [-0.2, -0.15) is 4.31 Å². The third kappa shape index (κ3) is 4.27. The monoisotopic (exact) mass is 408 g/mol. The first kappa shape index (κ1) is 19.7. The zero-order chi connectivity index (χ0) is 19.6. The lowest BCUT2D eigenvalue weighted by Crippen LogP contribution is -2.40. The maximum absolute atomic E-state index is 12.8. The fraction of sp³-hybridized carbons (Fsp3) is 0.333. The Bertz CT molecular complexity index is 975. The number of morpholine rings is 1. The summed E-state index contributed by atoms with van der Waals surface area (Å²) in [5.74, 6) is -0.510. The van der Waals surface area contributed by atoms with Crippen molar-refractivity contribution in [2.75, 3.05) is 31.6 Å². The van der Waals surface area contributed by atoms with Crippen molar-refractivity contribution in [1.82, 2.24) is 4.31 Å². The summed E-state index contributed by atoms with van der Waals surface area (Å²) in [6.07, 6.45) is 0. The highest BCUT2D eigenvalue weighted by atomic mass is 32.2. The number of rotatable bonds is 5. The molecule has 2 heterocycles. The Labute approximate surface area is 162 Å². The summed E-state index contributed by atoms with van der Waals surface area (Å²) in [7, 11) is -3.66. The molecular formula is C18H20N2O5S2. The summed E-state index contributed by atoms with van der Waals surface area (Å²) in [6.45, 7) is 4.47. The van der Waals surface area contributed by atoms with Crippen molar-refractivity contribution in [3.8, 4) is 0 Å². The largest absolute Gasteiger partial charge is 0.379 e. The maximum Gasteiger partial charge on any atom is 0.265 e. The van der Waals surface area contributed by atoms with Crippen LogP contribution in [-0.4, -0.2) is 50.7 Å². The molecule has 1 amide bonds. The number of aryl methyl sites for hydroxylation is 1. The van der Waals surface area contributed by atoms with Crippen LogP contribution in [0, 0.1) is 6.92 Å². The van der Waals surface area contributed by atoms with Crippen LogP contribution in [0.5, 0.6) is 0 Å². The molecule has 0 saturated carbocycles. The average Bonchev–Trinajstić information content (AvgIpc) is 3.05. The Hall–Kier alpha value is -2.07. The summed E-state index contributed by atoms with van der Waals surface area (Å²) in [5, 5.41) is 2.72. The lowest BCUT2D eigenvalue weighted by atomic mass is 10.1. The first-order chi connectivity index (χ1) is 12.8. The van der Waals surface area contributed by atoms with Gasteiger partial charge in [0.25, 0.3) is 5.91 Å². The molecule has 0 bridgehead atoms. The fourth-order valence-electron chi connectivity index (χ4n) is 2.77. The molecule has 27 heavy (non-hydrogen) atoms. The molecule has 1 saturated heterocycles. The number of ketones is 1. The molecule has 1 aromatic heterocycles. The second kappa shape index (κ2) is 7.89. The van der Waals surface area contributed by atoms with Crippen molar-refractivity contribution in [3.05, 3.63) is 45.6 Å². The fourth-order valence-corrected chi connectivity index (χ4v) is 5.63. The van der Waals surface area contributed by atoms with E-state index in [9.17, 15) is 18.0 Å². The van der Waals surface area contributed by atoms with E-state index >= 15 is 0 Å². The number of hydrogen-bond acceptors (Lipinski definition) is 6. The number of benzene rings is 1. The Kier molecular flexibility index (Phi) is 5.75. The van der Waals surface area contributed by atoms with E-state index in [2.05, 4.69) is 5.32 Å². The van der Waals surface area contributed by atoms with Gasteiger partial charge in [-0.15, -0.1) is 11.3 Å². The molecule has 1 aromatic carbocycles. The Balaban J connectivity index is 1.82. The predicted molar refractivity (Wildman–Crippen MR) is 103 cm³/mol. The van der Waals surface area contributed by atoms with Crippen LogP contribution in [0.2, 0.25) is 0 Å². The van der Waals surface area contributed by atoms with E-state index in [-0.39, 0.29) is 10.7 Å². The van der Waals surface area contributed by atoms with E-state index in [0.717, 1.165) is 11.3 Å². The number of ether oxygens (including phenoxy) is 1. The van der Waals surface area contributed by atoms with Gasteiger partial charge in [0.2, 0.25) is 10.0 Å². The standard InChI is InChI=1S/C18H20N2O5S2/c1-12(21)14-4-3-5-15(10-14)19-18(22)16-11-17(13(2)26-16)27(23,24)20-6-8-25-9-7-20/h3-5,10-11H,6-9H2,1-2H3,(H,19,22). The van der Waals surface area contributed by atoms with E-state index in [1.807, 2.05) is 0 Å². The molecular weight excluding hydrogens is 388 g/mol. The highest BCUT2D eigenvalue weighted by Gasteiger charge is 2.30. The number of anilines is 1. The van der Waals surface area contributed by atoms with Gasteiger partial charge in [-0.25, -0.2) is 8.42 Å². The van der Waals surface area contributed by atoms with E-state index in [1.165, 1.54) is 17.3 Å². The van der Waals surface area contributed by atoms with Crippen LogP contribution in [-0.2, 0) is 14.8 Å². The first-order valence-electron chi connectivity index (χ1n) is 8.40. The number of nitrogens with zero attached hydrogens (tertiary/aromatic N) is 1. The lowest BCUT2D eigenvalue weighted by molar-refractivity contribution is 0.0730. The summed E-state index contributed by atoms with van der Waals surface area (Å²) < 4.78 is 32.2. The van der Waals surface area contributed by atoms with Crippen LogP contribution < -0.4 is 5.32 Å². The third-order valence-corrected chi connectivity index (χ3v) is 7.41. The lowest BCUT2D eigenvalue weighted by Gasteiger charge is -2.25. The molecule has 0 spiro atoms. The van der Waals surface area contributed by atoms with Crippen molar-refractivity contribution >= 4 is 38.7 Å². The van der Waals surface area contributed by atoms with Gasteiger partial charge in [-0.1, -0.05) is 12.1 Å². The van der Waals surface area contributed by atoms with Gasteiger partial charge >= 0.3 is 0 Å². The van der Waals surface area contributed by atoms with E-state index in [0.29, 0.717) is 47.3 Å². The molecule has 1 aliphatic rings. The molecule has 0 atom stereocenters. The SMILES string of the molecule is CC(=O)c1cccc(NC(=O)c2cc(S(=O)(=O)N3CCOCC3)c(C)s2)c1. The zero-order valence-electron chi connectivity index (χ0n) is 15.0. The Morgan fingerprint density at radius 1 is 1.19 bits per heavy atom.